The molecule has 2 amide bonds. The molecule has 0 atom stereocenters. The lowest BCUT2D eigenvalue weighted by Gasteiger charge is -2.12. The first-order chi connectivity index (χ1) is 9.15. The number of nitrogens with one attached hydrogen (secondary N) is 1. The van der Waals surface area contributed by atoms with Crippen LogP contribution in [0.25, 0.3) is 0 Å². The van der Waals surface area contributed by atoms with E-state index in [1.807, 2.05) is 0 Å². The Bertz CT molecular complexity index is 339. The summed E-state index contributed by atoms with van der Waals surface area (Å²) in [5, 5.41) is 3.07. The monoisotopic (exact) mass is 268 g/mol. The predicted molar refractivity (Wildman–Crippen MR) is 69.5 cm³/mol. The highest BCUT2D eigenvalue weighted by Gasteiger charge is 2.29. The highest BCUT2D eigenvalue weighted by Crippen LogP contribution is 2.11. The predicted octanol–water partition coefficient (Wildman–Crippen LogP) is -0.113. The van der Waals surface area contributed by atoms with Gasteiger partial charge in [-0.25, -0.2) is 0 Å². The lowest BCUT2D eigenvalue weighted by Crippen LogP contribution is -2.34. The molecular formula is C13H20N2O4. The van der Waals surface area contributed by atoms with Gasteiger partial charge in [0.15, 0.2) is 5.78 Å². The van der Waals surface area contributed by atoms with E-state index in [2.05, 4.69) is 11.9 Å². The number of likely N-dealkylation sites (tertiary alicyclic amines) is 1. The van der Waals surface area contributed by atoms with Gasteiger partial charge in [0.25, 0.3) is 0 Å². The molecule has 1 fully saturated rings. The molecule has 6 heteroatoms. The van der Waals surface area contributed by atoms with Crippen molar-refractivity contribution in [2.24, 2.45) is 0 Å². The summed E-state index contributed by atoms with van der Waals surface area (Å²) >= 11 is 0. The standard InChI is InChI=1S/C13H20N2O4/c1-2-6-14-7-9-19-8-5-11(16)10-15-12(17)3-4-13(15)18/h2,14H,1,3-10H2. The van der Waals surface area contributed by atoms with Gasteiger partial charge in [-0.15, -0.1) is 6.58 Å². The van der Waals surface area contributed by atoms with E-state index in [-0.39, 0.29) is 43.4 Å². The number of carbonyl (C=O) groups is 3. The third-order valence-corrected chi connectivity index (χ3v) is 2.73. The maximum atomic E-state index is 11.6. The van der Waals surface area contributed by atoms with E-state index in [1.54, 1.807) is 6.08 Å². The van der Waals surface area contributed by atoms with E-state index in [0.717, 1.165) is 11.4 Å². The molecule has 0 radical (unpaired) electrons. The zero-order chi connectivity index (χ0) is 14.1. The molecule has 1 aliphatic heterocycles. The van der Waals surface area contributed by atoms with Crippen LogP contribution in [0.2, 0.25) is 0 Å². The molecule has 1 aliphatic rings. The number of ketones is 1. The van der Waals surface area contributed by atoms with Crippen LogP contribution in [-0.2, 0) is 19.1 Å². The molecule has 6 nitrogen and oxygen atoms in total. The van der Waals surface area contributed by atoms with Crippen molar-refractivity contribution < 1.29 is 19.1 Å². The Morgan fingerprint density at radius 3 is 2.63 bits per heavy atom. The van der Waals surface area contributed by atoms with Gasteiger partial charge in [0.1, 0.15) is 0 Å². The first-order valence-corrected chi connectivity index (χ1v) is 6.39. The SMILES string of the molecule is C=CCNCCOCCC(=O)CN1C(=O)CCC1=O. The van der Waals surface area contributed by atoms with Crippen LogP contribution < -0.4 is 5.32 Å². The number of nitrogens with zero attached hydrogens (tertiary/aromatic N) is 1. The van der Waals surface area contributed by atoms with Crippen molar-refractivity contribution in [1.82, 2.24) is 10.2 Å². The molecule has 0 bridgehead atoms. The summed E-state index contributed by atoms with van der Waals surface area (Å²) in [4.78, 5) is 35.2. The molecule has 0 aromatic carbocycles. The fourth-order valence-electron chi connectivity index (χ4n) is 1.69. The maximum absolute atomic E-state index is 11.6. The van der Waals surface area contributed by atoms with Crippen LogP contribution in [-0.4, -0.2) is 55.3 Å². The average molecular weight is 268 g/mol. The highest BCUT2D eigenvalue weighted by atomic mass is 16.5. The summed E-state index contributed by atoms with van der Waals surface area (Å²) in [6.07, 6.45) is 2.42. The molecule has 19 heavy (non-hydrogen) atoms. The second kappa shape index (κ2) is 8.55. The number of carbonyl (C=O) groups excluding carboxylic acids is 3. The Balaban J connectivity index is 2.06. The van der Waals surface area contributed by atoms with Crippen molar-refractivity contribution in [3.05, 3.63) is 12.7 Å². The van der Waals surface area contributed by atoms with Crippen molar-refractivity contribution in [2.45, 2.75) is 19.3 Å². The van der Waals surface area contributed by atoms with Crippen molar-refractivity contribution in [1.29, 1.82) is 0 Å². The topological polar surface area (TPSA) is 75.7 Å². The Morgan fingerprint density at radius 2 is 2.00 bits per heavy atom. The Hall–Kier alpha value is -1.53. The Morgan fingerprint density at radius 1 is 1.32 bits per heavy atom. The second-order valence-electron chi connectivity index (χ2n) is 4.27. The normalized spacial score (nSPS) is 15.1. The van der Waals surface area contributed by atoms with E-state index in [1.165, 1.54) is 0 Å². The molecule has 0 saturated carbocycles. The third-order valence-electron chi connectivity index (χ3n) is 2.73. The van der Waals surface area contributed by atoms with Crippen molar-refractivity contribution in [2.75, 3.05) is 32.8 Å². The molecule has 1 N–H and O–H groups in total. The fourth-order valence-corrected chi connectivity index (χ4v) is 1.69. The number of hydrogen-bond acceptors (Lipinski definition) is 5. The van der Waals surface area contributed by atoms with Gasteiger partial charge in [-0.2, -0.15) is 0 Å². The number of rotatable bonds is 10. The summed E-state index contributed by atoms with van der Waals surface area (Å²) in [7, 11) is 0. The first-order valence-electron chi connectivity index (χ1n) is 6.39. The van der Waals surface area contributed by atoms with Crippen LogP contribution in [0.15, 0.2) is 12.7 Å². The summed E-state index contributed by atoms with van der Waals surface area (Å²) in [5.74, 6) is -0.663. The van der Waals surface area contributed by atoms with E-state index < -0.39 is 0 Å². The number of imide groups is 1. The van der Waals surface area contributed by atoms with Gasteiger partial charge >= 0.3 is 0 Å². The van der Waals surface area contributed by atoms with E-state index in [9.17, 15) is 14.4 Å². The van der Waals surface area contributed by atoms with Gasteiger partial charge in [0.05, 0.1) is 19.8 Å². The molecular weight excluding hydrogens is 248 g/mol. The van der Waals surface area contributed by atoms with Crippen molar-refractivity contribution >= 4 is 17.6 Å². The van der Waals surface area contributed by atoms with Gasteiger partial charge < -0.3 is 10.1 Å². The lowest BCUT2D eigenvalue weighted by molar-refractivity contribution is -0.142. The number of hydrogen-bond donors (Lipinski definition) is 1. The van der Waals surface area contributed by atoms with E-state index >= 15 is 0 Å². The zero-order valence-electron chi connectivity index (χ0n) is 11.0. The third kappa shape index (κ3) is 5.76. The number of ether oxygens (including phenoxy) is 1. The van der Waals surface area contributed by atoms with Gasteiger partial charge in [-0.1, -0.05) is 6.08 Å². The summed E-state index contributed by atoms with van der Waals surface area (Å²) < 4.78 is 5.26. The molecule has 0 spiro atoms. The smallest absolute Gasteiger partial charge is 0.230 e. The molecule has 1 heterocycles. The van der Waals surface area contributed by atoms with Crippen molar-refractivity contribution in [3.8, 4) is 0 Å². The van der Waals surface area contributed by atoms with Crippen molar-refractivity contribution in [3.63, 3.8) is 0 Å². The zero-order valence-corrected chi connectivity index (χ0v) is 11.0. The molecule has 0 aromatic rings. The fraction of sp³-hybridized carbons (Fsp3) is 0.615. The average Bonchev–Trinajstić information content (AvgIpc) is 2.69. The maximum Gasteiger partial charge on any atom is 0.230 e. The number of Topliss-reactive ketones (excluding diaryl/α,β-unsaturated/α-hetero) is 1. The molecule has 1 saturated heterocycles. The minimum absolute atomic E-state index is 0.115. The molecule has 0 aliphatic carbocycles. The minimum Gasteiger partial charge on any atom is -0.380 e. The van der Waals surface area contributed by atoms with E-state index in [4.69, 9.17) is 4.74 Å². The molecule has 106 valence electrons. The quantitative estimate of drug-likeness (QED) is 0.340. The summed E-state index contributed by atoms with van der Waals surface area (Å²) in [5.41, 5.74) is 0. The van der Waals surface area contributed by atoms with Crippen LogP contribution in [0.5, 0.6) is 0 Å². The van der Waals surface area contributed by atoms with Crippen LogP contribution in [0.1, 0.15) is 19.3 Å². The largest absolute Gasteiger partial charge is 0.380 e. The minimum atomic E-state index is -0.257. The summed E-state index contributed by atoms with van der Waals surface area (Å²) in [6.45, 7) is 5.70. The van der Waals surface area contributed by atoms with Gasteiger partial charge in [0, 0.05) is 32.4 Å². The van der Waals surface area contributed by atoms with Crippen LogP contribution in [0.3, 0.4) is 0 Å². The van der Waals surface area contributed by atoms with Gasteiger partial charge in [0.2, 0.25) is 11.8 Å². The van der Waals surface area contributed by atoms with Gasteiger partial charge in [-0.3, -0.25) is 19.3 Å². The molecule has 1 rings (SSSR count). The van der Waals surface area contributed by atoms with Crippen LogP contribution in [0.4, 0.5) is 0 Å². The van der Waals surface area contributed by atoms with E-state index in [0.29, 0.717) is 19.8 Å². The first kappa shape index (κ1) is 15.5. The molecule has 0 aromatic heterocycles. The number of amides is 2. The van der Waals surface area contributed by atoms with Crippen LogP contribution in [0, 0.1) is 0 Å². The highest BCUT2D eigenvalue weighted by molar-refractivity contribution is 6.04. The Labute approximate surface area is 112 Å². The van der Waals surface area contributed by atoms with Gasteiger partial charge in [-0.05, 0) is 0 Å². The van der Waals surface area contributed by atoms with Crippen LogP contribution >= 0.6 is 0 Å². The Kier molecular flexibility index (Phi) is 6.99. The second-order valence-corrected chi connectivity index (χ2v) is 4.27. The molecule has 0 unspecified atom stereocenters. The summed E-state index contributed by atoms with van der Waals surface area (Å²) in [6, 6.07) is 0. The lowest BCUT2D eigenvalue weighted by atomic mass is 10.3.